The number of fused-ring (bicyclic) bond motifs is 33. The minimum Gasteiger partial charge on any atom is -0.309 e. The molecule has 0 bridgehead atoms. The van der Waals surface area contributed by atoms with Crippen LogP contribution in [0.15, 0.2) is 504 Å². The molecule has 32 aromatic rings. The van der Waals surface area contributed by atoms with Crippen molar-refractivity contribution in [3.05, 3.63) is 515 Å². The van der Waals surface area contributed by atoms with Gasteiger partial charge in [-0.3, -0.25) is 0 Å². The number of aromatic nitrogens is 7. The first kappa shape index (κ1) is 85.8. The maximum atomic E-state index is 5.03. The lowest BCUT2D eigenvalue weighted by molar-refractivity contribution is 0.660. The molecule has 0 radical (unpaired) electrons. The minimum absolute atomic E-state index is 0.0671. The maximum absolute atomic E-state index is 5.03. The summed E-state index contributed by atoms with van der Waals surface area (Å²) in [6.07, 6.45) is 0. The van der Waals surface area contributed by atoms with Gasteiger partial charge in [0.15, 0.2) is 0 Å². The second-order valence-electron chi connectivity index (χ2n) is 40.2. The molecular weight excluding hydrogens is 1880 g/mol. The Morgan fingerprint density at radius 2 is 0.473 bits per heavy atom. The second-order valence-corrected chi connectivity index (χ2v) is 43.5. The molecule has 10 aromatic heterocycles. The SMILES string of the molecule is CC1(C)c2ccccc2-c2ccc(-n3c4ccccc4c4cc5c6ccc7sc8ccccc8c7c6n(-c6ccccc6)c5cc43)cc21.c1ccc(-c2cccc(-c3ccc(-n4c5ccccc5c5cc6c7ccc8sc9ccccc9c8c7n(-c7ccccc7)c6cc54)cc3)n2)cc1.c1ccc(-c2cccc(-n3c4ccccc4c4cc5c6ccc7sc8ccc(-c9ccccc9)cc8c7c6n(-c6ccccc6)c5cc43)c2)cc1. The van der Waals surface area contributed by atoms with Crippen molar-refractivity contribution in [2.75, 3.05) is 0 Å². The van der Waals surface area contributed by atoms with Crippen LogP contribution >= 0.6 is 34.0 Å². The highest BCUT2D eigenvalue weighted by Crippen LogP contribution is 2.54. The van der Waals surface area contributed by atoms with Crippen LogP contribution in [-0.4, -0.2) is 32.4 Å². The molecule has 0 fully saturated rings. The Balaban J connectivity index is 0.000000101. The van der Waals surface area contributed by atoms with E-state index in [1.165, 1.54) is 247 Å². The fourth-order valence-electron chi connectivity index (χ4n) is 25.0. The third-order valence-corrected chi connectivity index (χ3v) is 35.1. The van der Waals surface area contributed by atoms with Gasteiger partial charge in [0, 0.05) is 176 Å². The number of para-hydroxylation sites is 6. The number of benzene rings is 22. The van der Waals surface area contributed by atoms with E-state index in [2.05, 4.69) is 539 Å². The van der Waals surface area contributed by atoms with Gasteiger partial charge < -0.3 is 27.4 Å². The van der Waals surface area contributed by atoms with Crippen LogP contribution < -0.4 is 0 Å². The molecular formula is C140H89N7S3. The number of rotatable bonds is 10. The number of nitrogens with zero attached hydrogens (tertiary/aromatic N) is 7. The summed E-state index contributed by atoms with van der Waals surface area (Å²) in [4.78, 5) is 5.03. The molecule has 1 aliphatic carbocycles. The van der Waals surface area contributed by atoms with Crippen molar-refractivity contribution in [2.45, 2.75) is 19.3 Å². The van der Waals surface area contributed by atoms with Crippen molar-refractivity contribution in [1.29, 1.82) is 0 Å². The van der Waals surface area contributed by atoms with E-state index in [1.54, 1.807) is 0 Å². The third-order valence-electron chi connectivity index (χ3n) is 31.7. The predicted octanol–water partition coefficient (Wildman–Crippen LogP) is 39.1. The van der Waals surface area contributed by atoms with E-state index in [-0.39, 0.29) is 5.41 Å². The van der Waals surface area contributed by atoms with Crippen LogP contribution in [-0.2, 0) is 5.41 Å². The normalized spacial score (nSPS) is 12.5. The molecule has 1 aliphatic rings. The van der Waals surface area contributed by atoms with E-state index >= 15 is 0 Å². The molecule has 150 heavy (non-hydrogen) atoms. The lowest BCUT2D eigenvalue weighted by atomic mass is 9.82. The van der Waals surface area contributed by atoms with Gasteiger partial charge in [0.2, 0.25) is 0 Å². The zero-order chi connectivity index (χ0) is 98.7. The molecule has 0 saturated heterocycles. The van der Waals surface area contributed by atoms with Gasteiger partial charge in [-0.2, -0.15) is 0 Å². The molecule has 0 saturated carbocycles. The Kier molecular flexibility index (Phi) is 19.3. The summed E-state index contributed by atoms with van der Waals surface area (Å²) in [6.45, 7) is 4.73. The number of pyridine rings is 1. The smallest absolute Gasteiger partial charge is 0.0709 e. The highest BCUT2D eigenvalue weighted by atomic mass is 32.1. The van der Waals surface area contributed by atoms with E-state index in [9.17, 15) is 0 Å². The van der Waals surface area contributed by atoms with Crippen molar-refractivity contribution in [3.8, 4) is 90.0 Å². The second kappa shape index (κ2) is 33.8. The molecule has 33 rings (SSSR count). The minimum atomic E-state index is -0.0671. The van der Waals surface area contributed by atoms with Gasteiger partial charge in [-0.05, 0) is 226 Å². The molecule has 0 amide bonds. The van der Waals surface area contributed by atoms with Crippen LogP contribution in [0, 0.1) is 0 Å². The first-order valence-corrected chi connectivity index (χ1v) is 53.9. The van der Waals surface area contributed by atoms with Gasteiger partial charge in [-0.15, -0.1) is 34.0 Å². The fourth-order valence-corrected chi connectivity index (χ4v) is 28.3. The Hall–Kier alpha value is -18.6. The van der Waals surface area contributed by atoms with E-state index in [4.69, 9.17) is 4.98 Å². The zero-order valence-electron chi connectivity index (χ0n) is 81.8. The highest BCUT2D eigenvalue weighted by Gasteiger charge is 2.37. The van der Waals surface area contributed by atoms with Gasteiger partial charge in [0.05, 0.1) is 77.6 Å². The molecule has 10 heterocycles. The number of thiophene rings is 3. The van der Waals surface area contributed by atoms with Gasteiger partial charge in [-0.1, -0.05) is 335 Å². The number of hydrogen-bond acceptors (Lipinski definition) is 4. The van der Waals surface area contributed by atoms with E-state index in [1.807, 2.05) is 40.1 Å². The fraction of sp³-hybridized carbons (Fsp3) is 0.0214. The van der Waals surface area contributed by atoms with E-state index < -0.39 is 0 Å². The summed E-state index contributed by atoms with van der Waals surface area (Å²) >= 11 is 5.64. The third kappa shape index (κ3) is 13.2. The summed E-state index contributed by atoms with van der Waals surface area (Å²) in [7, 11) is 0. The topological polar surface area (TPSA) is 42.5 Å². The Morgan fingerprint density at radius 1 is 0.167 bits per heavy atom. The molecule has 0 aliphatic heterocycles. The van der Waals surface area contributed by atoms with Crippen molar-refractivity contribution >= 4 is 225 Å². The van der Waals surface area contributed by atoms with Gasteiger partial charge in [0.25, 0.3) is 0 Å². The predicted molar refractivity (Wildman–Crippen MR) is 641 cm³/mol. The Bertz CT molecular complexity index is 11200. The molecule has 0 atom stereocenters. The van der Waals surface area contributed by atoms with Crippen molar-refractivity contribution in [3.63, 3.8) is 0 Å². The van der Waals surface area contributed by atoms with Crippen LogP contribution in [0.2, 0.25) is 0 Å². The molecule has 22 aromatic carbocycles. The van der Waals surface area contributed by atoms with Crippen LogP contribution in [0.3, 0.4) is 0 Å². The summed E-state index contributed by atoms with van der Waals surface area (Å²) in [5.41, 5.74) is 36.2. The Morgan fingerprint density at radius 3 is 0.940 bits per heavy atom. The van der Waals surface area contributed by atoms with Crippen LogP contribution in [0.5, 0.6) is 0 Å². The standard InChI is InChI=1S/C48H30N2S.C47H29N3S.C45H30N2S/c1-4-13-31(14-5-1)33-17-12-20-36(27-33)49-42-22-11-10-21-37(42)39-29-40-38-24-26-46-47(41-28-34(23-25-45(41)51-46)32-15-6-2-7-16-32)48(38)50(44(40)30-43(39)49)35-18-8-3-9-19-35;1-3-12-30(13-4-1)39-18-11-19-40(48-39)31-22-24-33(25-23-31)49-41-20-9-7-16-34(41)37-28-38-35-26-27-45-46(36-17-8-10-21-44(36)51-45)47(35)50(43(38)29-42(37)49)32-14-5-2-6-15-32;1-45(2)36-17-9-6-14-29(36)30-21-20-28(24-37(30)45)46-38-18-10-7-15-31(38)34-25-35-32-22-23-42-43(33-16-8-11-19-41(33)48-42)44(32)47(40(35)26-39(34)46)27-12-4-3-5-13-27/h1-30H;1-29H;3-26H,1-2H3. The summed E-state index contributed by atoms with van der Waals surface area (Å²) in [5.74, 6) is 0. The quantitative estimate of drug-likeness (QED) is 0.135. The van der Waals surface area contributed by atoms with E-state index in [0.29, 0.717) is 0 Å². The largest absolute Gasteiger partial charge is 0.309 e. The molecule has 0 N–H and O–H groups in total. The number of hydrogen-bond donors (Lipinski definition) is 0. The first-order valence-electron chi connectivity index (χ1n) is 51.4. The van der Waals surface area contributed by atoms with Crippen LogP contribution in [0.4, 0.5) is 0 Å². The summed E-state index contributed by atoms with van der Waals surface area (Å²) < 4.78 is 22.8. The van der Waals surface area contributed by atoms with Crippen LogP contribution in [0.25, 0.3) is 281 Å². The monoisotopic (exact) mass is 1960 g/mol. The van der Waals surface area contributed by atoms with Crippen molar-refractivity contribution in [2.24, 2.45) is 0 Å². The summed E-state index contributed by atoms with van der Waals surface area (Å²) in [6, 6.07) is 184. The molecule has 7 nitrogen and oxygen atoms in total. The van der Waals surface area contributed by atoms with Crippen molar-refractivity contribution in [1.82, 2.24) is 32.4 Å². The molecule has 0 unspecified atom stereocenters. The zero-order valence-corrected chi connectivity index (χ0v) is 84.2. The lowest BCUT2D eigenvalue weighted by Gasteiger charge is -2.22. The van der Waals surface area contributed by atoms with Gasteiger partial charge in [0.1, 0.15) is 0 Å². The Labute approximate surface area is 874 Å². The first-order chi connectivity index (χ1) is 74.2. The lowest BCUT2D eigenvalue weighted by Crippen LogP contribution is -2.15. The van der Waals surface area contributed by atoms with Crippen molar-refractivity contribution < 1.29 is 0 Å². The average Bonchev–Trinajstić information content (AvgIpc) is 1.54. The molecule has 702 valence electrons. The molecule has 0 spiro atoms. The van der Waals surface area contributed by atoms with Crippen LogP contribution in [0.1, 0.15) is 25.0 Å². The van der Waals surface area contributed by atoms with E-state index in [0.717, 1.165) is 45.3 Å². The maximum Gasteiger partial charge on any atom is 0.0709 e. The van der Waals surface area contributed by atoms with Gasteiger partial charge in [-0.25, -0.2) is 4.98 Å². The van der Waals surface area contributed by atoms with Gasteiger partial charge >= 0.3 is 0 Å². The summed E-state index contributed by atoms with van der Waals surface area (Å²) in [5, 5.41) is 23.2. The molecule has 10 heteroatoms. The highest BCUT2D eigenvalue weighted by molar-refractivity contribution is 7.27. The average molecular weight is 1970 g/mol.